The summed E-state index contributed by atoms with van der Waals surface area (Å²) >= 11 is 0. The number of anilines is 1. The zero-order valence-electron chi connectivity index (χ0n) is 15.5. The van der Waals surface area contributed by atoms with Gasteiger partial charge in [0.15, 0.2) is 11.2 Å². The van der Waals surface area contributed by atoms with Gasteiger partial charge < -0.3 is 19.7 Å². The molecule has 3 rings (SSSR count). The summed E-state index contributed by atoms with van der Waals surface area (Å²) in [6.45, 7) is 4.40. The fourth-order valence-corrected chi connectivity index (χ4v) is 2.78. The van der Waals surface area contributed by atoms with Gasteiger partial charge in [0.1, 0.15) is 0 Å². The lowest BCUT2D eigenvalue weighted by Crippen LogP contribution is -2.30. The molecule has 0 aromatic carbocycles. The topological polar surface area (TPSA) is 127 Å². The molecule has 0 spiro atoms. The van der Waals surface area contributed by atoms with Gasteiger partial charge in [-0.2, -0.15) is 4.98 Å². The first-order valence-electron chi connectivity index (χ1n) is 8.70. The van der Waals surface area contributed by atoms with E-state index in [9.17, 15) is 14.7 Å². The fraction of sp³-hybridized carbons (Fsp3) is 0.333. The lowest BCUT2D eigenvalue weighted by Gasteiger charge is -2.15. The number of hydrogen-bond acceptors (Lipinski definition) is 7. The second-order valence-electron chi connectivity index (χ2n) is 6.23. The number of hydrogen-bond donors (Lipinski definition) is 3. The fourth-order valence-electron chi connectivity index (χ4n) is 2.78. The van der Waals surface area contributed by atoms with Crippen LogP contribution < -0.4 is 16.6 Å². The summed E-state index contributed by atoms with van der Waals surface area (Å²) in [4.78, 5) is 35.0. The first-order valence-corrected chi connectivity index (χ1v) is 8.70. The number of rotatable bonds is 9. The monoisotopic (exact) mass is 386 g/mol. The minimum absolute atomic E-state index is 0.0598. The van der Waals surface area contributed by atoms with E-state index < -0.39 is 17.4 Å². The number of ether oxygens (including phenoxy) is 1. The van der Waals surface area contributed by atoms with E-state index in [1.807, 2.05) is 12.1 Å². The third-order valence-corrected chi connectivity index (χ3v) is 4.12. The number of fused-ring (bicyclic) bond motifs is 1. The highest BCUT2D eigenvalue weighted by Gasteiger charge is 2.19. The number of nitrogens with one attached hydrogen (secondary N) is 2. The number of H-pyrrole nitrogens is 1. The molecule has 10 heteroatoms. The number of nitrogens with zero attached hydrogens (tertiary/aromatic N) is 4. The highest BCUT2D eigenvalue weighted by Crippen LogP contribution is 2.17. The molecule has 3 aromatic heterocycles. The Hall–Kier alpha value is -3.24. The molecule has 0 radical (unpaired) electrons. The lowest BCUT2D eigenvalue weighted by atomic mass is 10.3. The van der Waals surface area contributed by atoms with Crippen LogP contribution in [-0.2, 0) is 24.9 Å². The van der Waals surface area contributed by atoms with Crippen molar-refractivity contribution in [2.24, 2.45) is 7.05 Å². The normalized spacial score (nSPS) is 12.2. The van der Waals surface area contributed by atoms with Crippen LogP contribution in [0.3, 0.4) is 0 Å². The van der Waals surface area contributed by atoms with Crippen LogP contribution in [0, 0.1) is 0 Å². The molecule has 28 heavy (non-hydrogen) atoms. The predicted molar refractivity (Wildman–Crippen MR) is 104 cm³/mol. The van der Waals surface area contributed by atoms with Crippen LogP contribution in [0.25, 0.3) is 11.2 Å². The Kier molecular flexibility index (Phi) is 6.02. The number of aliphatic hydroxyl groups excluding tert-OH is 1. The largest absolute Gasteiger partial charge is 0.389 e. The molecule has 0 aliphatic carbocycles. The standard InChI is InChI=1S/C18H22N6O4/c1-3-7-28-11-13(25)10-24-14-15(23(2)18(27)22-16(14)26)21-17(24)20-9-12-5-4-6-19-8-12/h3-6,8,13,25H,1,7,9-11H2,2H3,(H,20,21)(H,22,26,27)/t13-/m0/s1. The molecule has 3 aromatic rings. The van der Waals surface area contributed by atoms with E-state index in [4.69, 9.17) is 4.74 Å². The summed E-state index contributed by atoms with van der Waals surface area (Å²) in [5, 5.41) is 13.4. The quantitative estimate of drug-likeness (QED) is 0.349. The molecule has 0 saturated carbocycles. The van der Waals surface area contributed by atoms with E-state index in [1.165, 1.54) is 11.6 Å². The van der Waals surface area contributed by atoms with Gasteiger partial charge in [0, 0.05) is 26.0 Å². The van der Waals surface area contributed by atoms with Crippen LogP contribution in [0.4, 0.5) is 5.95 Å². The minimum Gasteiger partial charge on any atom is -0.389 e. The van der Waals surface area contributed by atoms with Crippen molar-refractivity contribution in [3.05, 3.63) is 63.6 Å². The van der Waals surface area contributed by atoms with Crippen molar-refractivity contribution in [2.75, 3.05) is 18.5 Å². The van der Waals surface area contributed by atoms with Gasteiger partial charge in [-0.3, -0.25) is 19.3 Å². The Bertz CT molecular complexity index is 1070. The number of aliphatic hydroxyl groups is 1. The molecule has 0 saturated heterocycles. The summed E-state index contributed by atoms with van der Waals surface area (Å²) in [6.07, 6.45) is 4.09. The summed E-state index contributed by atoms with van der Waals surface area (Å²) in [6, 6.07) is 3.71. The van der Waals surface area contributed by atoms with E-state index in [-0.39, 0.29) is 24.3 Å². The molecule has 148 valence electrons. The summed E-state index contributed by atoms with van der Waals surface area (Å²) in [7, 11) is 1.52. The maximum Gasteiger partial charge on any atom is 0.329 e. The summed E-state index contributed by atoms with van der Waals surface area (Å²) in [5.74, 6) is 0.355. The summed E-state index contributed by atoms with van der Waals surface area (Å²) < 4.78 is 8.08. The predicted octanol–water partition coefficient (Wildman–Crippen LogP) is -0.00610. The molecule has 0 aliphatic heterocycles. The lowest BCUT2D eigenvalue weighted by molar-refractivity contribution is 0.0405. The first-order chi connectivity index (χ1) is 13.5. The zero-order chi connectivity index (χ0) is 20.1. The van der Waals surface area contributed by atoms with Crippen LogP contribution in [0.15, 0.2) is 46.8 Å². The SMILES string of the molecule is C=CCOC[C@@H](O)Cn1c(NCc2cccnc2)nc2c1c(=O)[nH]c(=O)n2C. The maximum atomic E-state index is 12.4. The van der Waals surface area contributed by atoms with Crippen LogP contribution in [0.2, 0.25) is 0 Å². The molecular formula is C18H22N6O4. The van der Waals surface area contributed by atoms with Crippen molar-refractivity contribution < 1.29 is 9.84 Å². The smallest absolute Gasteiger partial charge is 0.329 e. The van der Waals surface area contributed by atoms with Crippen molar-refractivity contribution >= 4 is 17.1 Å². The Morgan fingerprint density at radius 1 is 1.46 bits per heavy atom. The molecule has 0 fully saturated rings. The molecular weight excluding hydrogens is 364 g/mol. The third kappa shape index (κ3) is 4.18. The van der Waals surface area contributed by atoms with E-state index in [1.54, 1.807) is 23.0 Å². The van der Waals surface area contributed by atoms with Gasteiger partial charge in [0.25, 0.3) is 5.56 Å². The number of aromatic nitrogens is 5. The third-order valence-electron chi connectivity index (χ3n) is 4.12. The van der Waals surface area contributed by atoms with Gasteiger partial charge in [0.2, 0.25) is 5.95 Å². The average molecular weight is 386 g/mol. The number of aryl methyl sites for hydroxylation is 1. The van der Waals surface area contributed by atoms with Gasteiger partial charge in [-0.05, 0) is 11.6 Å². The Labute approximate surface area is 160 Å². The number of pyridine rings is 1. The Morgan fingerprint density at radius 2 is 2.29 bits per heavy atom. The highest BCUT2D eigenvalue weighted by atomic mass is 16.5. The van der Waals surface area contributed by atoms with Gasteiger partial charge in [-0.1, -0.05) is 12.1 Å². The average Bonchev–Trinajstić information content (AvgIpc) is 3.04. The molecule has 1 atom stereocenters. The van der Waals surface area contributed by atoms with Gasteiger partial charge >= 0.3 is 5.69 Å². The van der Waals surface area contributed by atoms with Gasteiger partial charge in [0.05, 0.1) is 25.9 Å². The Balaban J connectivity index is 1.97. The van der Waals surface area contributed by atoms with E-state index in [0.717, 1.165) is 5.56 Å². The van der Waals surface area contributed by atoms with E-state index in [0.29, 0.717) is 19.1 Å². The molecule has 3 N–H and O–H groups in total. The number of aromatic amines is 1. The van der Waals surface area contributed by atoms with Crippen LogP contribution >= 0.6 is 0 Å². The van der Waals surface area contributed by atoms with Crippen molar-refractivity contribution in [1.29, 1.82) is 0 Å². The highest BCUT2D eigenvalue weighted by molar-refractivity contribution is 5.74. The summed E-state index contributed by atoms with van der Waals surface area (Å²) in [5.41, 5.74) is 0.203. The van der Waals surface area contributed by atoms with Gasteiger partial charge in [-0.25, -0.2) is 4.79 Å². The maximum absolute atomic E-state index is 12.4. The van der Waals surface area contributed by atoms with Crippen molar-refractivity contribution in [3.63, 3.8) is 0 Å². The first kappa shape index (κ1) is 19.5. The Morgan fingerprint density at radius 3 is 3.00 bits per heavy atom. The van der Waals surface area contributed by atoms with E-state index >= 15 is 0 Å². The molecule has 10 nitrogen and oxygen atoms in total. The van der Waals surface area contributed by atoms with E-state index in [2.05, 4.69) is 26.8 Å². The molecule has 0 aliphatic rings. The van der Waals surface area contributed by atoms with Crippen LogP contribution in [0.1, 0.15) is 5.56 Å². The van der Waals surface area contributed by atoms with Crippen LogP contribution in [0.5, 0.6) is 0 Å². The zero-order valence-corrected chi connectivity index (χ0v) is 15.5. The second kappa shape index (κ2) is 8.63. The van der Waals surface area contributed by atoms with Crippen LogP contribution in [-0.4, -0.2) is 48.5 Å². The molecule has 0 amide bonds. The number of imidazole rings is 1. The molecule has 0 unspecified atom stereocenters. The van der Waals surface area contributed by atoms with Gasteiger partial charge in [-0.15, -0.1) is 6.58 Å². The molecule has 0 bridgehead atoms. The minimum atomic E-state index is -0.882. The second-order valence-corrected chi connectivity index (χ2v) is 6.23. The van der Waals surface area contributed by atoms with Crippen molar-refractivity contribution in [1.82, 2.24) is 24.1 Å². The molecule has 3 heterocycles. The van der Waals surface area contributed by atoms with Crippen molar-refractivity contribution in [3.8, 4) is 0 Å². The van der Waals surface area contributed by atoms with Crippen molar-refractivity contribution in [2.45, 2.75) is 19.2 Å².